The van der Waals surface area contributed by atoms with E-state index in [2.05, 4.69) is 16.5 Å². The van der Waals surface area contributed by atoms with Crippen LogP contribution in [0.25, 0.3) is 11.4 Å². The summed E-state index contributed by atoms with van der Waals surface area (Å²) in [5, 5.41) is 9.32. The van der Waals surface area contributed by atoms with Crippen LogP contribution in [0.1, 0.15) is 26.5 Å². The third kappa shape index (κ3) is 3.17. The van der Waals surface area contributed by atoms with Crippen LogP contribution in [0.5, 0.6) is 0 Å². The fraction of sp³-hybridized carbons (Fsp3) is 0.125. The number of carboxylic acid groups (broad SMARTS) is 1. The van der Waals surface area contributed by atoms with E-state index in [1.807, 2.05) is 6.07 Å². The lowest BCUT2D eigenvalue weighted by molar-refractivity contribution is 0.0533. The number of hydrogen-bond acceptors (Lipinski definition) is 5. The Bertz CT molecular complexity index is 726. The van der Waals surface area contributed by atoms with Crippen LogP contribution in [0.4, 0.5) is 0 Å². The summed E-state index contributed by atoms with van der Waals surface area (Å²) in [6.45, 7) is 4.97. The van der Waals surface area contributed by atoms with Crippen molar-refractivity contribution in [1.29, 1.82) is 0 Å². The first-order chi connectivity index (χ1) is 10.5. The standard InChI is InChI=1S/C16H14N2O4/c1-3-9-22-16(21)12-10(2)17-14(18-13(12)15(19)20)11-7-5-4-6-8-11/h3-8H,1,9H2,2H3,(H,19,20). The van der Waals surface area contributed by atoms with Gasteiger partial charge in [-0.25, -0.2) is 19.6 Å². The minimum atomic E-state index is -1.31. The maximum absolute atomic E-state index is 12.0. The number of nitrogens with zero attached hydrogens (tertiary/aromatic N) is 2. The van der Waals surface area contributed by atoms with Crippen LogP contribution in [-0.2, 0) is 4.74 Å². The zero-order chi connectivity index (χ0) is 16.1. The van der Waals surface area contributed by atoms with E-state index in [0.29, 0.717) is 5.56 Å². The Labute approximate surface area is 127 Å². The lowest BCUT2D eigenvalue weighted by Gasteiger charge is -2.10. The number of esters is 1. The first-order valence-electron chi connectivity index (χ1n) is 6.50. The van der Waals surface area contributed by atoms with Gasteiger partial charge in [0.15, 0.2) is 11.5 Å². The van der Waals surface area contributed by atoms with Gasteiger partial charge in [-0.15, -0.1) is 0 Å². The number of aromatic carboxylic acids is 1. The summed E-state index contributed by atoms with van der Waals surface area (Å²) >= 11 is 0. The van der Waals surface area contributed by atoms with Gasteiger partial charge in [-0.05, 0) is 6.92 Å². The quantitative estimate of drug-likeness (QED) is 0.674. The molecule has 0 aliphatic heterocycles. The molecular formula is C16H14N2O4. The highest BCUT2D eigenvalue weighted by molar-refractivity contribution is 6.02. The van der Waals surface area contributed by atoms with E-state index >= 15 is 0 Å². The number of aryl methyl sites for hydroxylation is 1. The van der Waals surface area contributed by atoms with Gasteiger partial charge in [0.1, 0.15) is 12.2 Å². The molecule has 0 radical (unpaired) electrons. The molecule has 0 aliphatic carbocycles. The van der Waals surface area contributed by atoms with E-state index in [4.69, 9.17) is 4.74 Å². The summed E-state index contributed by atoms with van der Waals surface area (Å²) in [4.78, 5) is 31.6. The highest BCUT2D eigenvalue weighted by Gasteiger charge is 2.24. The van der Waals surface area contributed by atoms with Crippen molar-refractivity contribution in [3.8, 4) is 11.4 Å². The van der Waals surface area contributed by atoms with E-state index < -0.39 is 11.9 Å². The largest absolute Gasteiger partial charge is 0.476 e. The van der Waals surface area contributed by atoms with Gasteiger partial charge < -0.3 is 9.84 Å². The predicted octanol–water partition coefficient (Wildman–Crippen LogP) is 2.49. The molecule has 6 heteroatoms. The van der Waals surface area contributed by atoms with Crippen LogP contribution < -0.4 is 0 Å². The normalized spacial score (nSPS) is 10.0. The highest BCUT2D eigenvalue weighted by Crippen LogP contribution is 2.20. The molecule has 0 amide bonds. The zero-order valence-corrected chi connectivity index (χ0v) is 11.9. The Morgan fingerprint density at radius 3 is 2.55 bits per heavy atom. The summed E-state index contributed by atoms with van der Waals surface area (Å²) in [5.74, 6) is -1.85. The molecular weight excluding hydrogens is 284 g/mol. The van der Waals surface area contributed by atoms with Gasteiger partial charge in [0.2, 0.25) is 0 Å². The van der Waals surface area contributed by atoms with E-state index in [1.165, 1.54) is 6.08 Å². The summed E-state index contributed by atoms with van der Waals surface area (Å²) in [6, 6.07) is 8.93. The van der Waals surface area contributed by atoms with Crippen molar-refractivity contribution in [2.75, 3.05) is 6.61 Å². The van der Waals surface area contributed by atoms with Gasteiger partial charge in [-0.1, -0.05) is 43.0 Å². The SMILES string of the molecule is C=CCOC(=O)c1c(C)nc(-c2ccccc2)nc1C(=O)O. The third-order valence-electron chi connectivity index (χ3n) is 2.86. The van der Waals surface area contributed by atoms with Crippen molar-refractivity contribution in [2.45, 2.75) is 6.92 Å². The predicted molar refractivity (Wildman–Crippen MR) is 79.6 cm³/mol. The Balaban J connectivity index is 2.54. The topological polar surface area (TPSA) is 89.4 Å². The van der Waals surface area contributed by atoms with E-state index in [-0.39, 0.29) is 29.4 Å². The fourth-order valence-corrected chi connectivity index (χ4v) is 1.90. The molecule has 0 aliphatic rings. The van der Waals surface area contributed by atoms with Crippen molar-refractivity contribution in [3.63, 3.8) is 0 Å². The Hall–Kier alpha value is -3.02. The highest BCUT2D eigenvalue weighted by atomic mass is 16.5. The summed E-state index contributed by atoms with van der Waals surface area (Å²) in [5.41, 5.74) is 0.397. The average molecular weight is 298 g/mol. The zero-order valence-electron chi connectivity index (χ0n) is 11.9. The molecule has 2 aromatic rings. The summed E-state index contributed by atoms with van der Waals surface area (Å²) in [7, 11) is 0. The lowest BCUT2D eigenvalue weighted by Crippen LogP contribution is -2.17. The molecule has 1 aromatic carbocycles. The van der Waals surface area contributed by atoms with Gasteiger partial charge in [0, 0.05) is 5.56 Å². The Kier molecular flexibility index (Phi) is 4.63. The fourth-order valence-electron chi connectivity index (χ4n) is 1.90. The van der Waals surface area contributed by atoms with E-state index in [1.54, 1.807) is 31.2 Å². The van der Waals surface area contributed by atoms with Gasteiger partial charge in [0.25, 0.3) is 0 Å². The van der Waals surface area contributed by atoms with Gasteiger partial charge in [0.05, 0.1) is 5.69 Å². The number of carbonyl (C=O) groups excluding carboxylic acids is 1. The van der Waals surface area contributed by atoms with Gasteiger partial charge in [-0.3, -0.25) is 0 Å². The molecule has 22 heavy (non-hydrogen) atoms. The second-order valence-corrected chi connectivity index (χ2v) is 4.41. The molecule has 1 heterocycles. The van der Waals surface area contributed by atoms with Crippen LogP contribution in [0.2, 0.25) is 0 Å². The van der Waals surface area contributed by atoms with Gasteiger partial charge in [-0.2, -0.15) is 0 Å². The molecule has 1 N–H and O–H groups in total. The van der Waals surface area contributed by atoms with Crippen LogP contribution in [0.3, 0.4) is 0 Å². The number of rotatable bonds is 5. The molecule has 0 spiro atoms. The Morgan fingerprint density at radius 1 is 1.27 bits per heavy atom. The third-order valence-corrected chi connectivity index (χ3v) is 2.86. The van der Waals surface area contributed by atoms with Crippen LogP contribution >= 0.6 is 0 Å². The minimum Gasteiger partial charge on any atom is -0.476 e. The minimum absolute atomic E-state index is 0.0161. The van der Waals surface area contributed by atoms with E-state index in [9.17, 15) is 14.7 Å². The van der Waals surface area contributed by atoms with Crippen molar-refractivity contribution < 1.29 is 19.4 Å². The number of hydrogen-bond donors (Lipinski definition) is 1. The van der Waals surface area contributed by atoms with Crippen molar-refractivity contribution in [2.24, 2.45) is 0 Å². The molecule has 0 fully saturated rings. The van der Waals surface area contributed by atoms with Crippen molar-refractivity contribution >= 4 is 11.9 Å². The van der Waals surface area contributed by atoms with Crippen LogP contribution in [0.15, 0.2) is 43.0 Å². The molecule has 0 unspecified atom stereocenters. The summed E-state index contributed by atoms with van der Waals surface area (Å²) < 4.78 is 4.89. The number of aromatic nitrogens is 2. The first-order valence-corrected chi connectivity index (χ1v) is 6.50. The molecule has 0 bridgehead atoms. The van der Waals surface area contributed by atoms with Crippen LogP contribution in [-0.4, -0.2) is 33.6 Å². The average Bonchev–Trinajstić information content (AvgIpc) is 2.52. The second-order valence-electron chi connectivity index (χ2n) is 4.41. The molecule has 1 aromatic heterocycles. The monoisotopic (exact) mass is 298 g/mol. The van der Waals surface area contributed by atoms with E-state index in [0.717, 1.165) is 0 Å². The number of benzene rings is 1. The smallest absolute Gasteiger partial charge is 0.355 e. The van der Waals surface area contributed by atoms with Gasteiger partial charge >= 0.3 is 11.9 Å². The molecule has 0 saturated heterocycles. The molecule has 2 rings (SSSR count). The molecule has 0 saturated carbocycles. The number of carboxylic acids is 1. The second kappa shape index (κ2) is 6.62. The van der Waals surface area contributed by atoms with Crippen molar-refractivity contribution in [3.05, 3.63) is 59.9 Å². The first kappa shape index (κ1) is 15.4. The molecule has 0 atom stereocenters. The number of carbonyl (C=O) groups is 2. The summed E-state index contributed by atoms with van der Waals surface area (Å²) in [6.07, 6.45) is 1.40. The molecule has 6 nitrogen and oxygen atoms in total. The number of ether oxygens (including phenoxy) is 1. The Morgan fingerprint density at radius 2 is 1.95 bits per heavy atom. The maximum Gasteiger partial charge on any atom is 0.355 e. The van der Waals surface area contributed by atoms with Crippen LogP contribution in [0, 0.1) is 6.92 Å². The molecule has 112 valence electrons. The lowest BCUT2D eigenvalue weighted by atomic mass is 10.1. The maximum atomic E-state index is 12.0. The van der Waals surface area contributed by atoms with Crippen molar-refractivity contribution in [1.82, 2.24) is 9.97 Å².